The van der Waals surface area contributed by atoms with Crippen LogP contribution in [-0.4, -0.2) is 48.8 Å². The molecule has 1 saturated heterocycles. The van der Waals surface area contributed by atoms with Crippen molar-refractivity contribution in [3.05, 3.63) is 93.0 Å². The number of benzene rings is 3. The number of nitrogens with zero attached hydrogens (tertiary/aromatic N) is 3. The Morgan fingerprint density at radius 1 is 0.794 bits per heavy atom. The highest BCUT2D eigenvalue weighted by atomic mass is 35.5. The zero-order chi connectivity index (χ0) is 24.0. The minimum absolute atomic E-state index is 0.179. The summed E-state index contributed by atoms with van der Waals surface area (Å²) < 4.78 is 0. The maximum atomic E-state index is 13.2. The molecule has 2 heterocycles. The van der Waals surface area contributed by atoms with E-state index in [9.17, 15) is 14.4 Å². The molecular weight excluding hydrogens is 473 g/mol. The second kappa shape index (κ2) is 8.78. The number of carbonyl (C=O) groups excluding carboxylic acids is 3. The molecule has 0 saturated carbocycles. The number of halogens is 2. The van der Waals surface area contributed by atoms with Gasteiger partial charge in [-0.3, -0.25) is 14.4 Å². The van der Waals surface area contributed by atoms with Crippen LogP contribution in [0.4, 0.5) is 11.4 Å². The number of carbonyl (C=O) groups is 3. The second-order valence-electron chi connectivity index (χ2n) is 8.39. The molecular formula is C26H21Cl2N3O3. The zero-order valence-electron chi connectivity index (χ0n) is 18.4. The molecule has 0 N–H and O–H groups in total. The van der Waals surface area contributed by atoms with E-state index in [2.05, 4.69) is 4.90 Å². The van der Waals surface area contributed by atoms with Gasteiger partial charge < -0.3 is 9.80 Å². The molecule has 5 rings (SSSR count). The normalized spacial score (nSPS) is 15.7. The van der Waals surface area contributed by atoms with E-state index in [0.29, 0.717) is 53.0 Å². The summed E-state index contributed by atoms with van der Waals surface area (Å²) in [5.74, 6) is -0.980. The van der Waals surface area contributed by atoms with Crippen molar-refractivity contribution < 1.29 is 14.4 Å². The minimum atomic E-state index is -0.420. The SMILES string of the molecule is Cc1ccc(N2C(=O)c3ccc(C(=O)N4CCN(c5c(Cl)cccc5Cl)CC4)cc3C2=O)cc1. The monoisotopic (exact) mass is 493 g/mol. The van der Waals surface area contributed by atoms with Crippen molar-refractivity contribution in [2.24, 2.45) is 0 Å². The fraction of sp³-hybridized carbons (Fsp3) is 0.192. The first kappa shape index (κ1) is 22.4. The van der Waals surface area contributed by atoms with E-state index in [4.69, 9.17) is 23.2 Å². The van der Waals surface area contributed by atoms with Crippen LogP contribution in [0.25, 0.3) is 0 Å². The van der Waals surface area contributed by atoms with Gasteiger partial charge in [0.15, 0.2) is 0 Å². The molecule has 3 amide bonds. The van der Waals surface area contributed by atoms with Crippen LogP contribution in [0.15, 0.2) is 60.7 Å². The van der Waals surface area contributed by atoms with Gasteiger partial charge in [-0.25, -0.2) is 4.90 Å². The lowest BCUT2D eigenvalue weighted by molar-refractivity contribution is 0.0746. The van der Waals surface area contributed by atoms with Crippen molar-refractivity contribution in [1.82, 2.24) is 4.90 Å². The van der Waals surface area contributed by atoms with E-state index >= 15 is 0 Å². The Bertz CT molecular complexity index is 1300. The number of fused-ring (bicyclic) bond motifs is 1. The molecule has 0 unspecified atom stereocenters. The van der Waals surface area contributed by atoms with Gasteiger partial charge in [-0.2, -0.15) is 0 Å². The fourth-order valence-electron chi connectivity index (χ4n) is 4.41. The van der Waals surface area contributed by atoms with E-state index in [1.165, 1.54) is 6.07 Å². The molecule has 1 fully saturated rings. The lowest BCUT2D eigenvalue weighted by atomic mass is 10.0. The quantitative estimate of drug-likeness (QED) is 0.478. The predicted molar refractivity (Wildman–Crippen MR) is 133 cm³/mol. The van der Waals surface area contributed by atoms with Gasteiger partial charge in [-0.1, -0.05) is 47.0 Å². The largest absolute Gasteiger partial charge is 0.366 e. The molecule has 0 radical (unpaired) electrons. The number of hydrogen-bond acceptors (Lipinski definition) is 4. The van der Waals surface area contributed by atoms with Crippen LogP contribution < -0.4 is 9.80 Å². The number of amides is 3. The summed E-state index contributed by atoms with van der Waals surface area (Å²) in [4.78, 5) is 44.1. The third kappa shape index (κ3) is 3.83. The predicted octanol–water partition coefficient (Wildman–Crippen LogP) is 5.06. The Balaban J connectivity index is 1.33. The van der Waals surface area contributed by atoms with Gasteiger partial charge in [0.2, 0.25) is 0 Å². The van der Waals surface area contributed by atoms with Gasteiger partial charge in [0.1, 0.15) is 0 Å². The molecule has 3 aromatic rings. The van der Waals surface area contributed by atoms with Crippen molar-refractivity contribution in [1.29, 1.82) is 0 Å². The van der Waals surface area contributed by atoms with Gasteiger partial charge in [0.25, 0.3) is 17.7 Å². The Hall–Kier alpha value is -3.35. The van der Waals surface area contributed by atoms with Crippen molar-refractivity contribution in [3.63, 3.8) is 0 Å². The van der Waals surface area contributed by atoms with Crippen LogP contribution in [0.5, 0.6) is 0 Å². The summed E-state index contributed by atoms with van der Waals surface area (Å²) in [5, 5.41) is 1.15. The number of hydrogen-bond donors (Lipinski definition) is 0. The molecule has 6 nitrogen and oxygen atoms in total. The van der Waals surface area contributed by atoms with Gasteiger partial charge in [-0.05, 0) is 49.4 Å². The second-order valence-corrected chi connectivity index (χ2v) is 9.21. The Kier molecular flexibility index (Phi) is 5.80. The first-order valence-electron chi connectivity index (χ1n) is 10.9. The molecule has 0 aromatic heterocycles. The van der Waals surface area contributed by atoms with Crippen LogP contribution in [0.1, 0.15) is 36.6 Å². The maximum Gasteiger partial charge on any atom is 0.266 e. The molecule has 3 aromatic carbocycles. The number of para-hydroxylation sites is 1. The average molecular weight is 494 g/mol. The van der Waals surface area contributed by atoms with E-state index in [1.807, 2.05) is 19.1 Å². The number of rotatable bonds is 3. The van der Waals surface area contributed by atoms with Gasteiger partial charge in [0.05, 0.1) is 32.5 Å². The first-order chi connectivity index (χ1) is 16.3. The first-order valence-corrected chi connectivity index (χ1v) is 11.7. The van der Waals surface area contributed by atoms with E-state index in [0.717, 1.165) is 16.2 Å². The molecule has 2 aliphatic heterocycles. The molecule has 0 aliphatic carbocycles. The van der Waals surface area contributed by atoms with Crippen LogP contribution >= 0.6 is 23.2 Å². The van der Waals surface area contributed by atoms with Crippen molar-refractivity contribution in [3.8, 4) is 0 Å². The Labute approximate surface area is 207 Å². The van der Waals surface area contributed by atoms with E-state index in [-0.39, 0.29) is 17.4 Å². The van der Waals surface area contributed by atoms with Crippen LogP contribution in [0, 0.1) is 6.92 Å². The third-order valence-electron chi connectivity index (χ3n) is 6.25. The Morgan fingerprint density at radius 3 is 2.06 bits per heavy atom. The molecule has 0 bridgehead atoms. The molecule has 2 aliphatic rings. The average Bonchev–Trinajstić information content (AvgIpc) is 3.09. The van der Waals surface area contributed by atoms with Gasteiger partial charge in [-0.15, -0.1) is 0 Å². The number of imide groups is 1. The van der Waals surface area contributed by atoms with Crippen molar-refractivity contribution in [2.75, 3.05) is 36.0 Å². The summed E-state index contributed by atoms with van der Waals surface area (Å²) in [6.45, 7) is 4.07. The summed E-state index contributed by atoms with van der Waals surface area (Å²) in [6.07, 6.45) is 0. The topological polar surface area (TPSA) is 60.9 Å². The number of anilines is 2. The standard InChI is InChI=1S/C26H21Cl2N3O3/c1-16-5-8-18(9-6-16)31-25(33)19-10-7-17(15-20(19)26(31)34)24(32)30-13-11-29(12-14-30)23-21(27)3-2-4-22(23)28/h2-10,15H,11-14H2,1H3. The lowest BCUT2D eigenvalue weighted by Gasteiger charge is -2.37. The number of piperazine rings is 1. The fourth-order valence-corrected chi connectivity index (χ4v) is 5.05. The third-order valence-corrected chi connectivity index (χ3v) is 6.86. The maximum absolute atomic E-state index is 13.2. The van der Waals surface area contributed by atoms with E-state index in [1.54, 1.807) is 47.4 Å². The van der Waals surface area contributed by atoms with Gasteiger partial charge >= 0.3 is 0 Å². The minimum Gasteiger partial charge on any atom is -0.366 e. The van der Waals surface area contributed by atoms with Crippen LogP contribution in [0.2, 0.25) is 10.0 Å². The summed E-state index contributed by atoms with van der Waals surface area (Å²) in [5.41, 5.74) is 3.26. The number of aryl methyl sites for hydroxylation is 1. The highest BCUT2D eigenvalue weighted by Crippen LogP contribution is 2.34. The molecule has 172 valence electrons. The van der Waals surface area contributed by atoms with E-state index < -0.39 is 5.91 Å². The summed E-state index contributed by atoms with van der Waals surface area (Å²) in [7, 11) is 0. The van der Waals surface area contributed by atoms with Crippen molar-refractivity contribution in [2.45, 2.75) is 6.92 Å². The highest BCUT2D eigenvalue weighted by molar-refractivity contribution is 6.39. The molecule has 0 spiro atoms. The lowest BCUT2D eigenvalue weighted by Crippen LogP contribution is -2.49. The smallest absolute Gasteiger partial charge is 0.266 e. The molecule has 34 heavy (non-hydrogen) atoms. The Morgan fingerprint density at radius 2 is 1.41 bits per heavy atom. The summed E-state index contributed by atoms with van der Waals surface area (Å²) in [6, 6.07) is 17.3. The van der Waals surface area contributed by atoms with Crippen LogP contribution in [-0.2, 0) is 0 Å². The zero-order valence-corrected chi connectivity index (χ0v) is 19.9. The summed E-state index contributed by atoms with van der Waals surface area (Å²) >= 11 is 12.7. The van der Waals surface area contributed by atoms with Crippen molar-refractivity contribution >= 4 is 52.3 Å². The van der Waals surface area contributed by atoms with Crippen LogP contribution in [0.3, 0.4) is 0 Å². The molecule has 0 atom stereocenters. The highest BCUT2D eigenvalue weighted by Gasteiger charge is 2.37. The van der Waals surface area contributed by atoms with Gasteiger partial charge in [0, 0.05) is 31.7 Å². The molecule has 8 heteroatoms.